The predicted molar refractivity (Wildman–Crippen MR) is 74.9 cm³/mol. The summed E-state index contributed by atoms with van der Waals surface area (Å²) < 4.78 is 1.54. The average molecular weight is 280 g/mol. The molecule has 1 aromatic heterocycles. The van der Waals surface area contributed by atoms with Gasteiger partial charge >= 0.3 is 0 Å². The number of hydrogen-bond acceptors (Lipinski definition) is 4. The van der Waals surface area contributed by atoms with Gasteiger partial charge in [0.2, 0.25) is 5.91 Å². The molecule has 0 radical (unpaired) electrons. The minimum absolute atomic E-state index is 0.0420. The highest BCUT2D eigenvalue weighted by molar-refractivity contribution is 5.79. The molecule has 6 heteroatoms. The maximum atomic E-state index is 11.9. The zero-order valence-corrected chi connectivity index (χ0v) is 12.0. The molecule has 0 bridgehead atoms. The van der Waals surface area contributed by atoms with Crippen LogP contribution >= 0.6 is 0 Å². The fourth-order valence-electron chi connectivity index (χ4n) is 2.79. The fourth-order valence-corrected chi connectivity index (χ4v) is 2.79. The largest absolute Gasteiger partial charge is 0.393 e. The van der Waals surface area contributed by atoms with Crippen LogP contribution in [0.5, 0.6) is 0 Å². The summed E-state index contributed by atoms with van der Waals surface area (Å²) in [4.78, 5) is 15.7. The van der Waals surface area contributed by atoms with Crippen LogP contribution in [-0.2, 0) is 4.79 Å². The predicted octanol–water partition coefficient (Wildman–Crippen LogP) is 1.29. The number of nitrogens with zero attached hydrogens (tertiary/aromatic N) is 3. The van der Waals surface area contributed by atoms with E-state index in [2.05, 4.69) is 15.4 Å². The highest BCUT2D eigenvalue weighted by atomic mass is 16.3. The lowest BCUT2D eigenvalue weighted by molar-refractivity contribution is -0.124. The Morgan fingerprint density at radius 1 is 1.50 bits per heavy atom. The molecule has 1 aromatic rings. The van der Waals surface area contributed by atoms with Crippen molar-refractivity contribution in [3.8, 4) is 0 Å². The van der Waals surface area contributed by atoms with E-state index in [0.717, 1.165) is 32.1 Å². The molecule has 6 nitrogen and oxygen atoms in total. The van der Waals surface area contributed by atoms with Crippen molar-refractivity contribution in [1.29, 1.82) is 0 Å². The maximum absolute atomic E-state index is 11.9. The normalized spacial score (nSPS) is 24.3. The first-order valence-electron chi connectivity index (χ1n) is 7.48. The Morgan fingerprint density at radius 2 is 2.30 bits per heavy atom. The molecular formula is C14H24N4O2. The van der Waals surface area contributed by atoms with E-state index in [1.807, 2.05) is 0 Å². The van der Waals surface area contributed by atoms with Gasteiger partial charge in [-0.2, -0.15) is 5.10 Å². The van der Waals surface area contributed by atoms with Crippen LogP contribution in [-0.4, -0.2) is 38.4 Å². The van der Waals surface area contributed by atoms with Crippen LogP contribution in [0, 0.1) is 5.92 Å². The highest BCUT2D eigenvalue weighted by Crippen LogP contribution is 2.27. The molecule has 1 saturated carbocycles. The second-order valence-corrected chi connectivity index (χ2v) is 5.60. The van der Waals surface area contributed by atoms with Crippen LogP contribution in [0.4, 0.5) is 0 Å². The Morgan fingerprint density at radius 3 is 3.00 bits per heavy atom. The lowest BCUT2D eigenvalue weighted by atomic mass is 9.83. The van der Waals surface area contributed by atoms with Gasteiger partial charge in [0.1, 0.15) is 18.7 Å². The van der Waals surface area contributed by atoms with E-state index in [-0.39, 0.29) is 18.1 Å². The summed E-state index contributed by atoms with van der Waals surface area (Å²) in [5, 5.41) is 16.8. The number of rotatable bonds is 6. The van der Waals surface area contributed by atoms with E-state index in [9.17, 15) is 9.90 Å². The molecule has 1 heterocycles. The molecule has 1 amide bonds. The van der Waals surface area contributed by atoms with Gasteiger partial charge in [0.15, 0.2) is 0 Å². The molecule has 1 aliphatic rings. The topological polar surface area (TPSA) is 80.0 Å². The maximum Gasteiger partial charge on any atom is 0.244 e. The summed E-state index contributed by atoms with van der Waals surface area (Å²) in [5.74, 6) is 0.369. The number of nitrogens with one attached hydrogen (secondary N) is 1. The number of hydrogen-bond donors (Lipinski definition) is 2. The van der Waals surface area contributed by atoms with E-state index in [1.165, 1.54) is 12.7 Å². The lowest BCUT2D eigenvalue weighted by Gasteiger charge is -2.27. The highest BCUT2D eigenvalue weighted by Gasteiger charge is 2.22. The first-order valence-corrected chi connectivity index (χ1v) is 7.48. The van der Waals surface area contributed by atoms with Crippen molar-refractivity contribution in [2.24, 2.45) is 5.92 Å². The number of carbonyl (C=O) groups excluding carboxylic acids is 1. The Hall–Kier alpha value is -1.43. The summed E-state index contributed by atoms with van der Waals surface area (Å²) >= 11 is 0. The van der Waals surface area contributed by atoms with Crippen LogP contribution in [0.15, 0.2) is 12.7 Å². The smallest absolute Gasteiger partial charge is 0.244 e. The molecule has 3 unspecified atom stereocenters. The Labute approximate surface area is 119 Å². The minimum Gasteiger partial charge on any atom is -0.393 e. The second-order valence-electron chi connectivity index (χ2n) is 5.60. The molecule has 1 fully saturated rings. The number of aliphatic hydroxyl groups excluding tert-OH is 1. The summed E-state index contributed by atoms with van der Waals surface area (Å²) in [7, 11) is 0. The van der Waals surface area contributed by atoms with Crippen molar-refractivity contribution in [1.82, 2.24) is 20.1 Å². The van der Waals surface area contributed by atoms with Crippen molar-refractivity contribution >= 4 is 5.91 Å². The molecule has 1 aliphatic carbocycles. The number of amides is 1. The number of aliphatic hydroxyl groups is 1. The molecule has 0 spiro atoms. The molecule has 0 aromatic carbocycles. The Kier molecular flexibility index (Phi) is 5.52. The third-order valence-corrected chi connectivity index (χ3v) is 4.13. The molecule has 112 valence electrons. The van der Waals surface area contributed by atoms with Crippen molar-refractivity contribution < 1.29 is 9.90 Å². The van der Waals surface area contributed by atoms with E-state index in [4.69, 9.17) is 0 Å². The Bertz CT molecular complexity index is 407. The SMILES string of the molecule is CC(C(=O)NCCCC1CCCCC1O)n1cncn1. The molecule has 20 heavy (non-hydrogen) atoms. The first kappa shape index (κ1) is 15.0. The lowest BCUT2D eigenvalue weighted by Crippen LogP contribution is -2.32. The summed E-state index contributed by atoms with van der Waals surface area (Å²) in [6, 6.07) is -0.335. The monoisotopic (exact) mass is 280 g/mol. The van der Waals surface area contributed by atoms with Crippen molar-refractivity contribution in [3.05, 3.63) is 12.7 Å². The molecular weight excluding hydrogens is 256 g/mol. The Balaban J connectivity index is 1.64. The van der Waals surface area contributed by atoms with E-state index in [0.29, 0.717) is 12.5 Å². The van der Waals surface area contributed by atoms with Gasteiger partial charge in [-0.15, -0.1) is 0 Å². The van der Waals surface area contributed by atoms with Gasteiger partial charge < -0.3 is 10.4 Å². The van der Waals surface area contributed by atoms with Gasteiger partial charge in [-0.3, -0.25) is 4.79 Å². The van der Waals surface area contributed by atoms with Gasteiger partial charge in [-0.25, -0.2) is 9.67 Å². The average Bonchev–Trinajstić information content (AvgIpc) is 2.98. The van der Waals surface area contributed by atoms with E-state index >= 15 is 0 Å². The number of aromatic nitrogens is 3. The minimum atomic E-state index is -0.335. The molecule has 3 atom stereocenters. The van der Waals surface area contributed by atoms with Gasteiger partial charge in [-0.1, -0.05) is 12.8 Å². The summed E-state index contributed by atoms with van der Waals surface area (Å²) in [5.41, 5.74) is 0. The van der Waals surface area contributed by atoms with Crippen LogP contribution in [0.2, 0.25) is 0 Å². The molecule has 0 aliphatic heterocycles. The quantitative estimate of drug-likeness (QED) is 0.769. The molecule has 0 saturated heterocycles. The first-order chi connectivity index (χ1) is 9.68. The van der Waals surface area contributed by atoms with Crippen molar-refractivity contribution in [2.75, 3.05) is 6.54 Å². The zero-order chi connectivity index (χ0) is 14.4. The number of carbonyl (C=O) groups is 1. The third-order valence-electron chi connectivity index (χ3n) is 4.13. The summed E-state index contributed by atoms with van der Waals surface area (Å²) in [6.07, 6.45) is 9.13. The van der Waals surface area contributed by atoms with Crippen LogP contribution in [0.3, 0.4) is 0 Å². The molecule has 2 rings (SSSR count). The third kappa shape index (κ3) is 4.03. The zero-order valence-electron chi connectivity index (χ0n) is 12.0. The fraction of sp³-hybridized carbons (Fsp3) is 0.786. The van der Waals surface area contributed by atoms with E-state index in [1.54, 1.807) is 17.9 Å². The van der Waals surface area contributed by atoms with Gasteiger partial charge in [0.25, 0.3) is 0 Å². The van der Waals surface area contributed by atoms with Crippen LogP contribution < -0.4 is 5.32 Å². The second kappa shape index (κ2) is 7.38. The molecule has 2 N–H and O–H groups in total. The van der Waals surface area contributed by atoms with Crippen molar-refractivity contribution in [2.45, 2.75) is 57.6 Å². The van der Waals surface area contributed by atoms with Crippen LogP contribution in [0.1, 0.15) is 51.5 Å². The van der Waals surface area contributed by atoms with Crippen LogP contribution in [0.25, 0.3) is 0 Å². The van der Waals surface area contributed by atoms with Crippen molar-refractivity contribution in [3.63, 3.8) is 0 Å². The van der Waals surface area contributed by atoms with Gasteiger partial charge in [-0.05, 0) is 38.5 Å². The van der Waals surface area contributed by atoms with Gasteiger partial charge in [0.05, 0.1) is 6.10 Å². The van der Waals surface area contributed by atoms with E-state index < -0.39 is 0 Å². The van der Waals surface area contributed by atoms with Gasteiger partial charge in [0, 0.05) is 6.54 Å². The standard InChI is InChI=1S/C14H24N4O2/c1-11(18-10-15-9-17-18)14(20)16-8-4-6-12-5-2-3-7-13(12)19/h9-13,19H,2-8H2,1H3,(H,16,20). The summed E-state index contributed by atoms with van der Waals surface area (Å²) in [6.45, 7) is 2.45.